The Bertz CT molecular complexity index is 2650. The van der Waals surface area contributed by atoms with Gasteiger partial charge in [-0.2, -0.15) is 0 Å². The van der Waals surface area contributed by atoms with Gasteiger partial charge in [0.2, 0.25) is 0 Å². The van der Waals surface area contributed by atoms with Gasteiger partial charge < -0.3 is 0 Å². The molecule has 1 aromatic heterocycles. The predicted octanol–water partition coefficient (Wildman–Crippen LogP) is 13.2. The smallest absolute Gasteiger partial charge is 0.164 e. The average Bonchev–Trinajstić information content (AvgIpc) is 3.27. The number of hydrogen-bond donors (Lipinski definition) is 0. The molecule has 8 aromatic carbocycles. The van der Waals surface area contributed by atoms with E-state index >= 15 is 0 Å². The van der Waals surface area contributed by atoms with Crippen molar-refractivity contribution in [3.63, 3.8) is 0 Å². The highest BCUT2D eigenvalue weighted by Crippen LogP contribution is 2.34. The molecule has 0 radical (unpaired) electrons. The first-order valence-electron chi connectivity index (χ1n) is 18.2. The Morgan fingerprint density at radius 1 is 0.185 bits per heavy atom. The fraction of sp³-hybridized carbons (Fsp3) is 0. The number of rotatable bonds is 8. The largest absolute Gasteiger partial charge is 0.208 e. The maximum Gasteiger partial charge on any atom is 0.164 e. The summed E-state index contributed by atoms with van der Waals surface area (Å²) < 4.78 is 0. The summed E-state index contributed by atoms with van der Waals surface area (Å²) in [5.74, 6) is 1.89. The van der Waals surface area contributed by atoms with Gasteiger partial charge in [-0.3, -0.25) is 0 Å². The molecular weight excluding hydrogens is 655 g/mol. The van der Waals surface area contributed by atoms with Crippen LogP contribution in [0.2, 0.25) is 0 Å². The first-order valence-corrected chi connectivity index (χ1v) is 18.2. The Morgan fingerprint density at radius 2 is 0.463 bits per heavy atom. The Kier molecular flexibility index (Phi) is 8.94. The topological polar surface area (TPSA) is 38.7 Å². The minimum absolute atomic E-state index is 0.628. The molecule has 9 aromatic rings. The van der Waals surface area contributed by atoms with Crippen molar-refractivity contribution in [2.75, 3.05) is 0 Å². The van der Waals surface area contributed by atoms with E-state index in [0.717, 1.165) is 44.5 Å². The van der Waals surface area contributed by atoms with Crippen LogP contribution < -0.4 is 0 Å². The maximum absolute atomic E-state index is 5.08. The molecule has 0 N–H and O–H groups in total. The van der Waals surface area contributed by atoms with Gasteiger partial charge in [0.15, 0.2) is 17.5 Å². The van der Waals surface area contributed by atoms with Crippen LogP contribution in [0.4, 0.5) is 0 Å². The monoisotopic (exact) mass is 689 g/mol. The van der Waals surface area contributed by atoms with E-state index in [9.17, 15) is 0 Å². The normalized spacial score (nSPS) is 11.0. The van der Waals surface area contributed by atoms with Crippen LogP contribution in [-0.4, -0.2) is 15.0 Å². The molecule has 9 rings (SSSR count). The number of benzene rings is 8. The molecule has 254 valence electrons. The zero-order valence-corrected chi connectivity index (χ0v) is 29.5. The molecule has 1 heterocycles. The van der Waals surface area contributed by atoms with E-state index < -0.39 is 0 Å². The van der Waals surface area contributed by atoms with Crippen LogP contribution in [-0.2, 0) is 0 Å². The Labute approximate surface area is 316 Å². The zero-order chi connectivity index (χ0) is 36.1. The minimum atomic E-state index is 0.628. The molecule has 3 nitrogen and oxygen atoms in total. The zero-order valence-electron chi connectivity index (χ0n) is 29.5. The Morgan fingerprint density at radius 3 is 0.926 bits per heavy atom. The lowest BCUT2D eigenvalue weighted by molar-refractivity contribution is 1.07. The number of hydrogen-bond acceptors (Lipinski definition) is 3. The van der Waals surface area contributed by atoms with Crippen LogP contribution in [0.25, 0.3) is 89.8 Å². The highest BCUT2D eigenvalue weighted by atomic mass is 15.0. The molecule has 0 saturated heterocycles. The summed E-state index contributed by atoms with van der Waals surface area (Å²) >= 11 is 0. The van der Waals surface area contributed by atoms with E-state index in [2.05, 4.69) is 200 Å². The molecular formula is C51H35N3. The second-order valence-electron chi connectivity index (χ2n) is 13.3. The molecule has 0 aliphatic heterocycles. The number of nitrogens with zero attached hydrogens (tertiary/aromatic N) is 3. The van der Waals surface area contributed by atoms with Crippen molar-refractivity contribution in [2.45, 2.75) is 0 Å². The highest BCUT2D eigenvalue weighted by molar-refractivity contribution is 5.84. The van der Waals surface area contributed by atoms with Crippen molar-refractivity contribution >= 4 is 0 Å². The van der Waals surface area contributed by atoms with Gasteiger partial charge >= 0.3 is 0 Å². The Hall–Kier alpha value is -7.23. The Balaban J connectivity index is 1.09. The summed E-state index contributed by atoms with van der Waals surface area (Å²) in [5, 5.41) is 0. The van der Waals surface area contributed by atoms with Crippen molar-refractivity contribution in [2.24, 2.45) is 0 Å². The second-order valence-corrected chi connectivity index (χ2v) is 13.3. The first kappa shape index (κ1) is 32.7. The van der Waals surface area contributed by atoms with Crippen LogP contribution in [0.5, 0.6) is 0 Å². The molecule has 0 unspecified atom stereocenters. The molecule has 0 spiro atoms. The van der Waals surface area contributed by atoms with Gasteiger partial charge in [0.05, 0.1) is 0 Å². The minimum Gasteiger partial charge on any atom is -0.208 e. The van der Waals surface area contributed by atoms with Gasteiger partial charge in [0.1, 0.15) is 0 Å². The molecule has 0 saturated carbocycles. The summed E-state index contributed by atoms with van der Waals surface area (Å²) in [7, 11) is 0. The van der Waals surface area contributed by atoms with Crippen LogP contribution >= 0.6 is 0 Å². The van der Waals surface area contributed by atoms with E-state index in [1.54, 1.807) is 0 Å². The molecule has 0 aliphatic rings. The van der Waals surface area contributed by atoms with E-state index in [4.69, 9.17) is 15.0 Å². The summed E-state index contributed by atoms with van der Waals surface area (Å²) in [4.78, 5) is 15.2. The number of aromatic nitrogens is 3. The summed E-state index contributed by atoms with van der Waals surface area (Å²) in [6.45, 7) is 0. The van der Waals surface area contributed by atoms with E-state index in [0.29, 0.717) is 17.5 Å². The van der Waals surface area contributed by atoms with Crippen molar-refractivity contribution in [3.8, 4) is 89.8 Å². The third-order valence-electron chi connectivity index (χ3n) is 9.80. The van der Waals surface area contributed by atoms with Crippen LogP contribution in [0.1, 0.15) is 0 Å². The fourth-order valence-electron chi connectivity index (χ4n) is 6.93. The van der Waals surface area contributed by atoms with Crippen molar-refractivity contribution in [1.29, 1.82) is 0 Å². The predicted molar refractivity (Wildman–Crippen MR) is 223 cm³/mol. The van der Waals surface area contributed by atoms with E-state index in [-0.39, 0.29) is 0 Å². The second kappa shape index (κ2) is 14.8. The summed E-state index contributed by atoms with van der Waals surface area (Å²) in [6, 6.07) is 74.1. The highest BCUT2D eigenvalue weighted by Gasteiger charge is 2.15. The molecule has 0 aliphatic carbocycles. The lowest BCUT2D eigenvalue weighted by Gasteiger charge is -2.12. The van der Waals surface area contributed by atoms with Crippen LogP contribution in [0.15, 0.2) is 212 Å². The SMILES string of the molecule is c1ccc(-c2ccc(-c3ccc(-c4nc(-c5ccc(-c6ccccc6-c6ccccc6)cc5)nc(-c5cccc(-c6ccccc6)c5)n4)cc3)cc2)cc1. The third kappa shape index (κ3) is 6.87. The summed E-state index contributed by atoms with van der Waals surface area (Å²) in [5.41, 5.74) is 14.5. The molecule has 0 fully saturated rings. The fourth-order valence-corrected chi connectivity index (χ4v) is 6.93. The van der Waals surface area contributed by atoms with Gasteiger partial charge in [-0.05, 0) is 61.7 Å². The van der Waals surface area contributed by atoms with Gasteiger partial charge in [-0.1, -0.05) is 206 Å². The van der Waals surface area contributed by atoms with Gasteiger partial charge in [-0.15, -0.1) is 0 Å². The van der Waals surface area contributed by atoms with E-state index in [1.807, 2.05) is 12.1 Å². The molecule has 0 atom stereocenters. The molecule has 0 bridgehead atoms. The van der Waals surface area contributed by atoms with Crippen molar-refractivity contribution in [3.05, 3.63) is 212 Å². The third-order valence-corrected chi connectivity index (χ3v) is 9.80. The van der Waals surface area contributed by atoms with Crippen LogP contribution in [0.3, 0.4) is 0 Å². The van der Waals surface area contributed by atoms with Gasteiger partial charge in [-0.25, -0.2) is 15.0 Å². The quantitative estimate of drug-likeness (QED) is 0.159. The van der Waals surface area contributed by atoms with Crippen molar-refractivity contribution in [1.82, 2.24) is 15.0 Å². The first-order chi connectivity index (χ1) is 26.7. The van der Waals surface area contributed by atoms with E-state index in [1.165, 1.54) is 27.8 Å². The molecule has 3 heteroatoms. The molecule has 54 heavy (non-hydrogen) atoms. The van der Waals surface area contributed by atoms with Crippen LogP contribution in [0, 0.1) is 0 Å². The average molecular weight is 690 g/mol. The van der Waals surface area contributed by atoms with Gasteiger partial charge in [0, 0.05) is 16.7 Å². The summed E-state index contributed by atoms with van der Waals surface area (Å²) in [6.07, 6.45) is 0. The van der Waals surface area contributed by atoms with Gasteiger partial charge in [0.25, 0.3) is 0 Å². The standard InChI is InChI=1S/C51H35N3/c1-4-13-36(14-5-1)38-23-25-39(26-24-38)40-27-31-43(32-28-40)49-52-50(54-51(53-49)46-20-12-19-45(35-46)37-15-6-2-7-16-37)44-33-29-42(30-34-44)48-22-11-10-21-47(48)41-17-8-3-9-18-41/h1-35H. The maximum atomic E-state index is 5.08. The van der Waals surface area contributed by atoms with Crippen molar-refractivity contribution < 1.29 is 0 Å². The molecule has 0 amide bonds. The lowest BCUT2D eigenvalue weighted by Crippen LogP contribution is -2.00. The lowest BCUT2D eigenvalue weighted by atomic mass is 9.94.